The van der Waals surface area contributed by atoms with Crippen LogP contribution in [-0.2, 0) is 26.2 Å². The number of aryl methyl sites for hydroxylation is 1. The second-order valence-corrected chi connectivity index (χ2v) is 11.2. The standard InChI is InChI=1S/C30H33FN4O3/c1-19-5-3-8-23-25(34-28(38)30(18-32)9-10-30)17-29(26(19)23)11-13-35(14-12-29)27(37)24(33-20(2)36)16-21-6-4-7-22(31)15-21/h3-8,15,24-25H,9-14,16-17H2,1-2H3,(H,33,36)(H,34,38). The zero-order chi connectivity index (χ0) is 27.1. The predicted molar refractivity (Wildman–Crippen MR) is 139 cm³/mol. The first-order chi connectivity index (χ1) is 18.2. The highest BCUT2D eigenvalue weighted by Crippen LogP contribution is 2.53. The Bertz CT molecular complexity index is 1320. The maximum Gasteiger partial charge on any atom is 0.245 e. The number of piperidine rings is 1. The number of hydrogen-bond donors (Lipinski definition) is 2. The highest BCUT2D eigenvalue weighted by Gasteiger charge is 2.53. The summed E-state index contributed by atoms with van der Waals surface area (Å²) in [6.45, 7) is 4.51. The van der Waals surface area contributed by atoms with Crippen molar-refractivity contribution in [2.24, 2.45) is 5.41 Å². The Hall–Kier alpha value is -3.73. The van der Waals surface area contributed by atoms with E-state index in [-0.39, 0.29) is 41.4 Å². The number of nitriles is 1. The Kier molecular flexibility index (Phi) is 6.72. The summed E-state index contributed by atoms with van der Waals surface area (Å²) >= 11 is 0. The lowest BCUT2D eigenvalue weighted by Gasteiger charge is -2.42. The SMILES string of the molecule is CC(=O)NC(Cc1cccc(F)c1)C(=O)N1CCC2(CC1)CC(NC(=O)C1(C#N)CC1)c1cccc(C)c12. The number of nitrogens with one attached hydrogen (secondary N) is 2. The van der Waals surface area contributed by atoms with Crippen LogP contribution in [-0.4, -0.2) is 41.8 Å². The third-order valence-corrected chi connectivity index (χ3v) is 8.55. The van der Waals surface area contributed by atoms with Gasteiger partial charge in [-0.25, -0.2) is 4.39 Å². The van der Waals surface area contributed by atoms with Gasteiger partial charge in [-0.1, -0.05) is 30.3 Å². The van der Waals surface area contributed by atoms with E-state index in [1.54, 1.807) is 17.0 Å². The number of fused-ring (bicyclic) bond motifs is 2. The summed E-state index contributed by atoms with van der Waals surface area (Å²) in [7, 11) is 0. The van der Waals surface area contributed by atoms with Gasteiger partial charge in [0.15, 0.2) is 0 Å². The van der Waals surface area contributed by atoms with E-state index in [2.05, 4.69) is 35.8 Å². The third-order valence-electron chi connectivity index (χ3n) is 8.55. The zero-order valence-electron chi connectivity index (χ0n) is 21.9. The van der Waals surface area contributed by atoms with Crippen molar-refractivity contribution in [2.75, 3.05) is 13.1 Å². The van der Waals surface area contributed by atoms with E-state index in [1.165, 1.54) is 30.2 Å². The molecule has 1 aliphatic heterocycles. The normalized spacial score (nSPS) is 21.2. The van der Waals surface area contributed by atoms with Gasteiger partial charge in [-0.05, 0) is 73.4 Å². The van der Waals surface area contributed by atoms with Crippen molar-refractivity contribution >= 4 is 17.7 Å². The Morgan fingerprint density at radius 2 is 1.84 bits per heavy atom. The number of amides is 3. The molecule has 0 radical (unpaired) electrons. The molecule has 1 heterocycles. The van der Waals surface area contributed by atoms with Crippen LogP contribution < -0.4 is 10.6 Å². The first-order valence-electron chi connectivity index (χ1n) is 13.3. The highest BCUT2D eigenvalue weighted by molar-refractivity contribution is 5.89. The number of halogens is 1. The fraction of sp³-hybridized carbons (Fsp3) is 0.467. The Labute approximate surface area is 222 Å². The average molecular weight is 517 g/mol. The van der Waals surface area contributed by atoms with E-state index in [1.807, 2.05) is 6.07 Å². The molecule has 198 valence electrons. The molecule has 0 aromatic heterocycles. The molecule has 1 spiro atoms. The van der Waals surface area contributed by atoms with Crippen LogP contribution in [0.1, 0.15) is 67.3 Å². The molecule has 7 nitrogen and oxygen atoms in total. The number of carbonyl (C=O) groups excluding carboxylic acids is 3. The molecule has 2 N–H and O–H groups in total. The molecule has 0 bridgehead atoms. The molecule has 2 unspecified atom stereocenters. The van der Waals surface area contributed by atoms with E-state index >= 15 is 0 Å². The molecular weight excluding hydrogens is 483 g/mol. The minimum Gasteiger partial charge on any atom is -0.348 e. The van der Waals surface area contributed by atoms with Crippen LogP contribution in [0.25, 0.3) is 0 Å². The summed E-state index contributed by atoms with van der Waals surface area (Å²) in [6, 6.07) is 13.5. The molecule has 2 atom stereocenters. The van der Waals surface area contributed by atoms with Crippen molar-refractivity contribution in [1.82, 2.24) is 15.5 Å². The minimum atomic E-state index is -0.879. The quantitative estimate of drug-likeness (QED) is 0.612. The van der Waals surface area contributed by atoms with E-state index in [4.69, 9.17) is 0 Å². The minimum absolute atomic E-state index is 0.161. The van der Waals surface area contributed by atoms with Crippen LogP contribution in [0.15, 0.2) is 42.5 Å². The van der Waals surface area contributed by atoms with E-state index in [9.17, 15) is 24.0 Å². The lowest BCUT2D eigenvalue weighted by Crippen LogP contribution is -2.53. The first kappa shape index (κ1) is 25.9. The fourth-order valence-corrected chi connectivity index (χ4v) is 6.42. The molecular formula is C30H33FN4O3. The van der Waals surface area contributed by atoms with Crippen LogP contribution in [0.3, 0.4) is 0 Å². The highest BCUT2D eigenvalue weighted by atomic mass is 19.1. The maximum absolute atomic E-state index is 13.7. The predicted octanol–water partition coefficient (Wildman–Crippen LogP) is 3.61. The summed E-state index contributed by atoms with van der Waals surface area (Å²) in [5.74, 6) is -1.04. The van der Waals surface area contributed by atoms with Gasteiger partial charge in [0.1, 0.15) is 17.3 Å². The van der Waals surface area contributed by atoms with Gasteiger partial charge in [0, 0.05) is 31.8 Å². The Morgan fingerprint density at radius 1 is 1.13 bits per heavy atom. The van der Waals surface area contributed by atoms with Crippen LogP contribution in [0, 0.1) is 29.5 Å². The van der Waals surface area contributed by atoms with Crippen LogP contribution in [0.2, 0.25) is 0 Å². The van der Waals surface area contributed by atoms with Crippen molar-refractivity contribution in [2.45, 2.75) is 69.9 Å². The molecule has 2 aromatic rings. The van der Waals surface area contributed by atoms with E-state index < -0.39 is 11.5 Å². The fourth-order valence-electron chi connectivity index (χ4n) is 6.42. The topological polar surface area (TPSA) is 102 Å². The van der Waals surface area contributed by atoms with Gasteiger partial charge in [0.05, 0.1) is 12.1 Å². The molecule has 2 fully saturated rings. The molecule has 3 amide bonds. The molecule has 1 saturated carbocycles. The first-order valence-corrected chi connectivity index (χ1v) is 13.3. The van der Waals surface area contributed by atoms with Gasteiger partial charge >= 0.3 is 0 Å². The number of carbonyl (C=O) groups is 3. The van der Waals surface area contributed by atoms with Crippen LogP contribution in [0.5, 0.6) is 0 Å². The molecule has 2 aliphatic carbocycles. The lowest BCUT2D eigenvalue weighted by molar-refractivity contribution is -0.137. The summed E-state index contributed by atoms with van der Waals surface area (Å²) in [6.07, 6.45) is 3.64. The number of benzene rings is 2. The second-order valence-electron chi connectivity index (χ2n) is 11.2. The average Bonchev–Trinajstić information content (AvgIpc) is 3.63. The number of rotatable bonds is 6. The molecule has 2 aromatic carbocycles. The molecule has 5 rings (SSSR count). The Morgan fingerprint density at radius 3 is 2.47 bits per heavy atom. The molecule has 1 saturated heterocycles. The van der Waals surface area contributed by atoms with Crippen molar-refractivity contribution < 1.29 is 18.8 Å². The molecule has 8 heteroatoms. The van der Waals surface area contributed by atoms with Gasteiger partial charge in [0.2, 0.25) is 17.7 Å². The van der Waals surface area contributed by atoms with Gasteiger partial charge in [0.25, 0.3) is 0 Å². The van der Waals surface area contributed by atoms with Gasteiger partial charge in [-0.3, -0.25) is 14.4 Å². The maximum atomic E-state index is 13.7. The zero-order valence-corrected chi connectivity index (χ0v) is 21.9. The molecule has 38 heavy (non-hydrogen) atoms. The van der Waals surface area contributed by atoms with Crippen molar-refractivity contribution in [3.63, 3.8) is 0 Å². The summed E-state index contributed by atoms with van der Waals surface area (Å²) in [4.78, 5) is 40.1. The van der Waals surface area contributed by atoms with Crippen molar-refractivity contribution in [3.05, 3.63) is 70.5 Å². The van der Waals surface area contributed by atoms with E-state index in [0.717, 1.165) is 24.8 Å². The summed E-state index contributed by atoms with van der Waals surface area (Å²) < 4.78 is 13.7. The van der Waals surface area contributed by atoms with E-state index in [0.29, 0.717) is 31.5 Å². The number of likely N-dealkylation sites (tertiary alicyclic amines) is 1. The van der Waals surface area contributed by atoms with Crippen LogP contribution in [0.4, 0.5) is 4.39 Å². The van der Waals surface area contributed by atoms with Crippen molar-refractivity contribution in [1.29, 1.82) is 5.26 Å². The second kappa shape index (κ2) is 9.86. The van der Waals surface area contributed by atoms with Crippen LogP contribution >= 0.6 is 0 Å². The van der Waals surface area contributed by atoms with Gasteiger partial charge in [-0.15, -0.1) is 0 Å². The number of nitrogens with zero attached hydrogens (tertiary/aromatic N) is 2. The Balaban J connectivity index is 1.32. The monoisotopic (exact) mass is 516 g/mol. The van der Waals surface area contributed by atoms with Crippen molar-refractivity contribution in [3.8, 4) is 6.07 Å². The number of hydrogen-bond acceptors (Lipinski definition) is 4. The third kappa shape index (κ3) is 4.78. The molecule has 3 aliphatic rings. The lowest BCUT2D eigenvalue weighted by atomic mass is 9.72. The smallest absolute Gasteiger partial charge is 0.245 e. The summed E-state index contributed by atoms with van der Waals surface area (Å²) in [5, 5.41) is 15.4. The van der Waals surface area contributed by atoms with Gasteiger partial charge < -0.3 is 15.5 Å². The largest absolute Gasteiger partial charge is 0.348 e. The van der Waals surface area contributed by atoms with Gasteiger partial charge in [-0.2, -0.15) is 5.26 Å². The summed E-state index contributed by atoms with van der Waals surface area (Å²) in [5.41, 5.74) is 3.12.